The molecule has 1 rings (SSSR count). The summed E-state index contributed by atoms with van der Waals surface area (Å²) in [6.45, 7) is 0.229. The van der Waals surface area contributed by atoms with E-state index in [0.29, 0.717) is 0 Å². The molecule has 0 saturated carbocycles. The second-order valence-electron chi connectivity index (χ2n) is 3.98. The van der Waals surface area contributed by atoms with Crippen LogP contribution in [0.3, 0.4) is 0 Å². The summed E-state index contributed by atoms with van der Waals surface area (Å²) in [5.41, 5.74) is 0. The van der Waals surface area contributed by atoms with Crippen LogP contribution in [0, 0.1) is 0 Å². The molecule has 0 aromatic rings. The van der Waals surface area contributed by atoms with E-state index in [0.717, 1.165) is 6.26 Å². The first-order chi connectivity index (χ1) is 7.74. The molecule has 0 radical (unpaired) electrons. The lowest BCUT2D eigenvalue weighted by molar-refractivity contribution is -0.0304. The smallest absolute Gasteiger partial charge is 0.215 e. The van der Waals surface area contributed by atoms with Gasteiger partial charge < -0.3 is 9.84 Å². The number of sulfone groups is 1. The molecule has 9 heteroatoms. The molecular formula is C8H17NO6S2. The van der Waals surface area contributed by atoms with Gasteiger partial charge in [-0.05, 0) is 0 Å². The fourth-order valence-corrected chi connectivity index (χ4v) is 4.50. The third-order valence-corrected chi connectivity index (χ3v) is 5.45. The van der Waals surface area contributed by atoms with E-state index in [1.54, 1.807) is 0 Å². The van der Waals surface area contributed by atoms with Crippen LogP contribution in [0.4, 0.5) is 0 Å². The summed E-state index contributed by atoms with van der Waals surface area (Å²) in [6.07, 6.45) is 0.468. The van der Waals surface area contributed by atoms with E-state index >= 15 is 0 Å². The Kier molecular flexibility index (Phi) is 4.90. The maximum absolute atomic E-state index is 11.8. The fourth-order valence-electron chi connectivity index (χ4n) is 1.44. The van der Waals surface area contributed by atoms with Gasteiger partial charge in [-0.1, -0.05) is 0 Å². The van der Waals surface area contributed by atoms with Crippen molar-refractivity contribution in [1.82, 2.24) is 4.31 Å². The van der Waals surface area contributed by atoms with Gasteiger partial charge in [-0.2, -0.15) is 4.31 Å². The third-order valence-electron chi connectivity index (χ3n) is 2.41. The summed E-state index contributed by atoms with van der Waals surface area (Å²) in [4.78, 5) is 0. The van der Waals surface area contributed by atoms with Crippen molar-refractivity contribution in [1.29, 1.82) is 0 Å². The minimum absolute atomic E-state index is 0.0720. The number of sulfonamides is 1. The van der Waals surface area contributed by atoms with E-state index in [2.05, 4.69) is 0 Å². The molecule has 1 saturated heterocycles. The van der Waals surface area contributed by atoms with Crippen molar-refractivity contribution in [2.24, 2.45) is 0 Å². The lowest BCUT2D eigenvalue weighted by Crippen LogP contribution is -2.48. The highest BCUT2D eigenvalue weighted by Gasteiger charge is 2.29. The van der Waals surface area contributed by atoms with E-state index < -0.39 is 37.5 Å². The maximum atomic E-state index is 11.8. The Morgan fingerprint density at radius 1 is 1.29 bits per heavy atom. The van der Waals surface area contributed by atoms with Crippen LogP contribution in [0.1, 0.15) is 0 Å². The van der Waals surface area contributed by atoms with Crippen molar-refractivity contribution >= 4 is 19.9 Å². The summed E-state index contributed by atoms with van der Waals surface area (Å²) in [7, 11) is -6.90. The van der Waals surface area contributed by atoms with Crippen molar-refractivity contribution < 1.29 is 26.7 Å². The number of rotatable bonds is 5. The number of ether oxygens (including phenoxy) is 1. The predicted molar refractivity (Wildman–Crippen MR) is 61.9 cm³/mol. The Balaban J connectivity index is 2.64. The van der Waals surface area contributed by atoms with Crippen LogP contribution in [0.2, 0.25) is 0 Å². The van der Waals surface area contributed by atoms with Crippen LogP contribution >= 0.6 is 0 Å². The van der Waals surface area contributed by atoms with Gasteiger partial charge in [-0.3, -0.25) is 0 Å². The molecule has 0 bridgehead atoms. The zero-order chi connectivity index (χ0) is 13.1. The van der Waals surface area contributed by atoms with Crippen molar-refractivity contribution in [3.05, 3.63) is 0 Å². The molecule has 0 amide bonds. The van der Waals surface area contributed by atoms with E-state index in [-0.39, 0.29) is 26.3 Å². The molecular weight excluding hydrogens is 270 g/mol. The van der Waals surface area contributed by atoms with Crippen LogP contribution < -0.4 is 0 Å². The molecule has 1 unspecified atom stereocenters. The lowest BCUT2D eigenvalue weighted by atomic mass is 10.3. The second kappa shape index (κ2) is 5.61. The highest BCUT2D eigenvalue weighted by molar-refractivity contribution is 7.93. The molecule has 1 fully saturated rings. The number of aliphatic hydroxyl groups is 1. The summed E-state index contributed by atoms with van der Waals surface area (Å²) < 4.78 is 51.8. The largest absolute Gasteiger partial charge is 0.394 e. The number of hydrogen-bond donors (Lipinski definition) is 1. The first-order valence-electron chi connectivity index (χ1n) is 5.12. The SMILES string of the molecule is CS(=O)(=O)CCS(=O)(=O)N1CCOC(CO)C1. The number of aliphatic hydroxyl groups excluding tert-OH is 1. The van der Waals surface area contributed by atoms with Gasteiger partial charge >= 0.3 is 0 Å². The first kappa shape index (κ1) is 14.8. The molecule has 1 aliphatic heterocycles. The normalized spacial score (nSPS) is 23.8. The van der Waals surface area contributed by atoms with Crippen molar-refractivity contribution in [3.63, 3.8) is 0 Å². The van der Waals surface area contributed by atoms with Gasteiger partial charge in [0.1, 0.15) is 9.84 Å². The Bertz CT molecular complexity index is 443. The van der Waals surface area contributed by atoms with Crippen LogP contribution in [0.15, 0.2) is 0 Å². The van der Waals surface area contributed by atoms with Crippen molar-refractivity contribution in [3.8, 4) is 0 Å². The average Bonchev–Trinajstić information content (AvgIpc) is 2.26. The second-order valence-corrected chi connectivity index (χ2v) is 8.33. The van der Waals surface area contributed by atoms with Gasteiger partial charge in [0.15, 0.2) is 0 Å². The highest BCUT2D eigenvalue weighted by Crippen LogP contribution is 2.10. The van der Waals surface area contributed by atoms with Gasteiger partial charge in [-0.15, -0.1) is 0 Å². The highest BCUT2D eigenvalue weighted by atomic mass is 32.2. The molecule has 102 valence electrons. The Morgan fingerprint density at radius 2 is 1.94 bits per heavy atom. The Hall–Kier alpha value is -0.220. The fraction of sp³-hybridized carbons (Fsp3) is 1.00. The van der Waals surface area contributed by atoms with E-state index in [4.69, 9.17) is 9.84 Å². The Morgan fingerprint density at radius 3 is 2.47 bits per heavy atom. The summed E-state index contributed by atoms with van der Waals surface area (Å²) in [6, 6.07) is 0. The van der Waals surface area contributed by atoms with Crippen molar-refractivity contribution in [2.75, 3.05) is 44.1 Å². The topological polar surface area (TPSA) is 101 Å². The zero-order valence-electron chi connectivity index (χ0n) is 9.57. The molecule has 0 aromatic heterocycles. The van der Waals surface area contributed by atoms with E-state index in [1.165, 1.54) is 4.31 Å². The van der Waals surface area contributed by atoms with Gasteiger partial charge in [-0.25, -0.2) is 16.8 Å². The molecule has 0 aliphatic carbocycles. The monoisotopic (exact) mass is 287 g/mol. The molecule has 0 aromatic carbocycles. The first-order valence-corrected chi connectivity index (χ1v) is 8.79. The van der Waals surface area contributed by atoms with E-state index in [1.807, 2.05) is 0 Å². The quantitative estimate of drug-likeness (QED) is 0.631. The van der Waals surface area contributed by atoms with Crippen molar-refractivity contribution in [2.45, 2.75) is 6.10 Å². The van der Waals surface area contributed by atoms with Gasteiger partial charge in [0.05, 0.1) is 30.8 Å². The molecule has 0 spiro atoms. The number of hydrogen-bond acceptors (Lipinski definition) is 6. The van der Waals surface area contributed by atoms with Crippen LogP contribution in [-0.2, 0) is 24.6 Å². The summed E-state index contributed by atoms with van der Waals surface area (Å²) in [5.74, 6) is -0.819. The zero-order valence-corrected chi connectivity index (χ0v) is 11.2. The molecule has 1 atom stereocenters. The molecule has 7 nitrogen and oxygen atoms in total. The van der Waals surface area contributed by atoms with E-state index in [9.17, 15) is 16.8 Å². The predicted octanol–water partition coefficient (Wildman–Crippen LogP) is -1.95. The van der Waals surface area contributed by atoms with Gasteiger partial charge in [0.2, 0.25) is 10.0 Å². The Labute approximate surface area is 101 Å². The van der Waals surface area contributed by atoms with Gasteiger partial charge in [0, 0.05) is 19.3 Å². The minimum atomic E-state index is -3.60. The van der Waals surface area contributed by atoms with Gasteiger partial charge in [0.25, 0.3) is 0 Å². The third kappa shape index (κ3) is 4.88. The minimum Gasteiger partial charge on any atom is -0.394 e. The summed E-state index contributed by atoms with van der Waals surface area (Å²) >= 11 is 0. The lowest BCUT2D eigenvalue weighted by Gasteiger charge is -2.31. The van der Waals surface area contributed by atoms with Crippen LogP contribution in [-0.4, -0.2) is 76.4 Å². The average molecular weight is 287 g/mol. The molecule has 1 aliphatic rings. The number of nitrogens with zero attached hydrogens (tertiary/aromatic N) is 1. The molecule has 1 heterocycles. The van der Waals surface area contributed by atoms with Crippen LogP contribution in [0.25, 0.3) is 0 Å². The van der Waals surface area contributed by atoms with Crippen LogP contribution in [0.5, 0.6) is 0 Å². The number of morpholine rings is 1. The summed E-state index contributed by atoms with van der Waals surface area (Å²) in [5, 5.41) is 8.89. The standard InChI is InChI=1S/C8H17NO6S2/c1-16(11,12)4-5-17(13,14)9-2-3-15-8(6-9)7-10/h8,10H,2-7H2,1H3. The molecule has 1 N–H and O–H groups in total. The molecule has 17 heavy (non-hydrogen) atoms. The maximum Gasteiger partial charge on any atom is 0.215 e.